The minimum Gasteiger partial charge on any atom is -0.487 e. The minimum atomic E-state index is 0.425. The molecule has 0 aliphatic carbocycles. The Morgan fingerprint density at radius 3 is 0.778 bits per heavy atom. The number of fused-ring (bicyclic) bond motifs is 2. The number of hydrogen-bond acceptors (Lipinski definition) is 10. The lowest BCUT2D eigenvalue weighted by Crippen LogP contribution is -2.15. The van der Waals surface area contributed by atoms with Gasteiger partial charge in [0.25, 0.3) is 0 Å². The standard InChI is InChI=1S/C24H32O8.2CH5N/c1-2-6-22-21(5-1)29-17-13-25-9-10-27-15-19-31-23-7-3-4-8-24(23)32-20-16-28-12-11-26-14-18-30-22;2*1-2/h1-8H,9-20H2;2*2H2,1H3. The first-order chi connectivity index (χ1) is 17.9. The van der Waals surface area contributed by atoms with Crippen molar-refractivity contribution >= 4 is 0 Å². The highest BCUT2D eigenvalue weighted by Crippen LogP contribution is 2.27. The normalized spacial score (nSPS) is 16.6. The molecule has 0 saturated carbocycles. The number of hydrogen-bond donors (Lipinski definition) is 2. The summed E-state index contributed by atoms with van der Waals surface area (Å²) in [5.74, 6) is 2.73. The third kappa shape index (κ3) is 14.1. The molecule has 0 atom stereocenters. The van der Waals surface area contributed by atoms with Gasteiger partial charge in [0.05, 0.1) is 52.9 Å². The van der Waals surface area contributed by atoms with E-state index in [1.807, 2.05) is 48.5 Å². The summed E-state index contributed by atoms with van der Waals surface area (Å²) in [4.78, 5) is 0. The van der Waals surface area contributed by atoms with Gasteiger partial charge >= 0.3 is 0 Å². The first-order valence-corrected chi connectivity index (χ1v) is 12.1. The van der Waals surface area contributed by atoms with Gasteiger partial charge in [-0.1, -0.05) is 24.3 Å². The zero-order chi connectivity index (χ0) is 26.1. The van der Waals surface area contributed by atoms with Crippen molar-refractivity contribution in [1.82, 2.24) is 0 Å². The molecule has 0 spiro atoms. The summed E-state index contributed by atoms with van der Waals surface area (Å²) in [5.41, 5.74) is 9.00. The van der Waals surface area contributed by atoms with Gasteiger partial charge < -0.3 is 49.4 Å². The van der Waals surface area contributed by atoms with Crippen molar-refractivity contribution in [2.75, 3.05) is 93.4 Å². The molecular weight excluding hydrogens is 468 g/mol. The molecule has 36 heavy (non-hydrogen) atoms. The van der Waals surface area contributed by atoms with Crippen molar-refractivity contribution in [2.45, 2.75) is 0 Å². The molecule has 204 valence electrons. The summed E-state index contributed by atoms with van der Waals surface area (Å²) in [6.07, 6.45) is 0. The molecule has 0 saturated heterocycles. The summed E-state index contributed by atoms with van der Waals surface area (Å²) in [6, 6.07) is 15.1. The molecule has 3 rings (SSSR count). The Morgan fingerprint density at radius 1 is 0.361 bits per heavy atom. The van der Waals surface area contributed by atoms with Gasteiger partial charge in [0, 0.05) is 0 Å². The zero-order valence-corrected chi connectivity index (χ0v) is 21.5. The Bertz CT molecular complexity index is 641. The van der Waals surface area contributed by atoms with Crippen LogP contribution in [0.3, 0.4) is 0 Å². The molecule has 0 aromatic heterocycles. The predicted octanol–water partition coefficient (Wildman–Crippen LogP) is 2.13. The van der Waals surface area contributed by atoms with E-state index in [1.54, 1.807) is 0 Å². The van der Waals surface area contributed by atoms with E-state index in [0.717, 1.165) is 0 Å². The van der Waals surface area contributed by atoms with E-state index in [2.05, 4.69) is 11.5 Å². The molecule has 10 nitrogen and oxygen atoms in total. The largest absolute Gasteiger partial charge is 0.487 e. The summed E-state index contributed by atoms with van der Waals surface area (Å²) >= 11 is 0. The molecule has 0 bridgehead atoms. The van der Waals surface area contributed by atoms with Crippen LogP contribution in [0.2, 0.25) is 0 Å². The lowest BCUT2D eigenvalue weighted by Gasteiger charge is -2.14. The second-order valence-electron chi connectivity index (χ2n) is 6.74. The Balaban J connectivity index is 0.00000154. The summed E-state index contributed by atoms with van der Waals surface area (Å²) in [5, 5.41) is 0. The van der Waals surface area contributed by atoms with Crippen LogP contribution < -0.4 is 30.4 Å². The van der Waals surface area contributed by atoms with E-state index >= 15 is 0 Å². The highest BCUT2D eigenvalue weighted by molar-refractivity contribution is 5.40. The Labute approximate surface area is 214 Å². The molecule has 0 radical (unpaired) electrons. The Morgan fingerprint density at radius 2 is 0.556 bits per heavy atom. The first-order valence-electron chi connectivity index (χ1n) is 12.1. The van der Waals surface area contributed by atoms with Crippen LogP contribution in [0.15, 0.2) is 48.5 Å². The summed E-state index contributed by atoms with van der Waals surface area (Å²) in [7, 11) is 3.00. The van der Waals surface area contributed by atoms with Crippen molar-refractivity contribution in [3.8, 4) is 23.0 Å². The third-order valence-corrected chi connectivity index (χ3v) is 4.38. The number of para-hydroxylation sites is 4. The third-order valence-electron chi connectivity index (χ3n) is 4.38. The molecule has 0 fully saturated rings. The van der Waals surface area contributed by atoms with Gasteiger partial charge in [0.2, 0.25) is 0 Å². The lowest BCUT2D eigenvalue weighted by atomic mass is 10.3. The second-order valence-corrected chi connectivity index (χ2v) is 6.74. The van der Waals surface area contributed by atoms with Gasteiger partial charge in [-0.15, -0.1) is 0 Å². The maximum atomic E-state index is 5.78. The summed E-state index contributed by atoms with van der Waals surface area (Å²) < 4.78 is 45.3. The smallest absolute Gasteiger partial charge is 0.161 e. The fourth-order valence-corrected chi connectivity index (χ4v) is 2.86. The maximum Gasteiger partial charge on any atom is 0.161 e. The van der Waals surface area contributed by atoms with Gasteiger partial charge in [-0.05, 0) is 38.4 Å². The average Bonchev–Trinajstić information content (AvgIpc) is 2.94. The fourth-order valence-electron chi connectivity index (χ4n) is 2.86. The molecule has 0 amide bonds. The Hall–Kier alpha value is -2.60. The first kappa shape index (κ1) is 31.4. The molecule has 1 aliphatic rings. The quantitative estimate of drug-likeness (QED) is 0.544. The molecule has 2 aromatic carbocycles. The summed E-state index contributed by atoms with van der Waals surface area (Å²) in [6.45, 7) is 5.48. The fraction of sp³-hybridized carbons (Fsp3) is 0.538. The average molecular weight is 511 g/mol. The zero-order valence-electron chi connectivity index (χ0n) is 21.5. The van der Waals surface area contributed by atoms with Gasteiger partial charge in [-0.25, -0.2) is 0 Å². The van der Waals surface area contributed by atoms with E-state index in [-0.39, 0.29) is 0 Å². The Kier molecular flexibility index (Phi) is 19.9. The minimum absolute atomic E-state index is 0.425. The SMILES string of the molecule is CN.CN.c1ccc2c(c1)OCCOCCOCCOc1ccccc1OCCOCCOCCO2. The van der Waals surface area contributed by atoms with Crippen LogP contribution in [0.5, 0.6) is 23.0 Å². The van der Waals surface area contributed by atoms with Gasteiger partial charge in [0.15, 0.2) is 23.0 Å². The molecule has 10 heteroatoms. The molecule has 2 aromatic rings. The lowest BCUT2D eigenvalue weighted by molar-refractivity contribution is 0.0223. The van der Waals surface area contributed by atoms with Crippen molar-refractivity contribution in [3.63, 3.8) is 0 Å². The number of nitrogens with two attached hydrogens (primary N) is 2. The van der Waals surface area contributed by atoms with E-state index in [4.69, 9.17) is 37.9 Å². The molecule has 1 heterocycles. The van der Waals surface area contributed by atoms with E-state index in [0.29, 0.717) is 102 Å². The number of benzene rings is 2. The van der Waals surface area contributed by atoms with Crippen LogP contribution in [0.1, 0.15) is 0 Å². The van der Waals surface area contributed by atoms with Crippen molar-refractivity contribution in [2.24, 2.45) is 11.5 Å². The van der Waals surface area contributed by atoms with E-state index < -0.39 is 0 Å². The van der Waals surface area contributed by atoms with Crippen LogP contribution in [0.25, 0.3) is 0 Å². The highest BCUT2D eigenvalue weighted by Gasteiger charge is 2.06. The predicted molar refractivity (Wildman–Crippen MR) is 138 cm³/mol. The van der Waals surface area contributed by atoms with E-state index in [1.165, 1.54) is 14.1 Å². The highest BCUT2D eigenvalue weighted by atomic mass is 16.6. The topological polar surface area (TPSA) is 126 Å². The van der Waals surface area contributed by atoms with Crippen LogP contribution in [0.4, 0.5) is 0 Å². The molecule has 0 unspecified atom stereocenters. The van der Waals surface area contributed by atoms with Crippen molar-refractivity contribution in [3.05, 3.63) is 48.5 Å². The van der Waals surface area contributed by atoms with Crippen LogP contribution in [-0.2, 0) is 18.9 Å². The maximum absolute atomic E-state index is 5.78. The van der Waals surface area contributed by atoms with Gasteiger partial charge in [-0.3, -0.25) is 0 Å². The van der Waals surface area contributed by atoms with Crippen molar-refractivity contribution < 1.29 is 37.9 Å². The molecule has 4 N–H and O–H groups in total. The number of ether oxygens (including phenoxy) is 8. The number of rotatable bonds is 0. The second kappa shape index (κ2) is 22.8. The molecular formula is C26H42N2O8. The monoisotopic (exact) mass is 510 g/mol. The van der Waals surface area contributed by atoms with Crippen LogP contribution in [-0.4, -0.2) is 93.4 Å². The van der Waals surface area contributed by atoms with Crippen molar-refractivity contribution in [1.29, 1.82) is 0 Å². The van der Waals surface area contributed by atoms with Gasteiger partial charge in [0.1, 0.15) is 26.4 Å². The van der Waals surface area contributed by atoms with E-state index in [9.17, 15) is 0 Å². The molecule has 1 aliphatic heterocycles. The van der Waals surface area contributed by atoms with Crippen LogP contribution in [0, 0.1) is 0 Å². The van der Waals surface area contributed by atoms with Crippen LogP contribution >= 0.6 is 0 Å². The van der Waals surface area contributed by atoms with Gasteiger partial charge in [-0.2, -0.15) is 0 Å².